The van der Waals surface area contributed by atoms with Crippen molar-refractivity contribution in [1.82, 2.24) is 4.90 Å². The molecular weight excluding hydrogens is 330 g/mol. The van der Waals surface area contributed by atoms with E-state index in [1.807, 2.05) is 0 Å². The fraction of sp³-hybridized carbons (Fsp3) is 0.360. The Hall–Kier alpha value is -2.16. The number of hydrogen-bond acceptors (Lipinski definition) is 2. The maximum absolute atomic E-state index is 6.65. The molecule has 3 aromatic rings. The van der Waals surface area contributed by atoms with E-state index in [-0.39, 0.29) is 5.60 Å². The second-order valence-electron chi connectivity index (χ2n) is 8.28. The molecule has 0 saturated carbocycles. The smallest absolute Gasteiger partial charge is 0.0988 e. The number of benzene rings is 3. The van der Waals surface area contributed by atoms with Gasteiger partial charge in [-0.15, -0.1) is 0 Å². The molecule has 0 saturated heterocycles. The largest absolute Gasteiger partial charge is 0.365 e. The molecule has 0 fully saturated rings. The maximum atomic E-state index is 6.65. The lowest BCUT2D eigenvalue weighted by Gasteiger charge is -2.40. The van der Waals surface area contributed by atoms with Gasteiger partial charge in [-0.3, -0.25) is 0 Å². The van der Waals surface area contributed by atoms with Crippen molar-refractivity contribution in [3.63, 3.8) is 0 Å². The first kappa shape index (κ1) is 18.2. The van der Waals surface area contributed by atoms with Gasteiger partial charge < -0.3 is 9.64 Å². The van der Waals surface area contributed by atoms with E-state index in [1.165, 1.54) is 38.6 Å². The highest BCUT2D eigenvalue weighted by molar-refractivity contribution is 5.83. The fourth-order valence-electron chi connectivity index (χ4n) is 4.18. The quantitative estimate of drug-likeness (QED) is 0.620. The highest BCUT2D eigenvalue weighted by Gasteiger charge is 2.37. The molecule has 3 aromatic carbocycles. The number of rotatable bonds is 4. The average molecular weight is 360 g/mol. The molecule has 0 aliphatic carbocycles. The monoisotopic (exact) mass is 359 g/mol. The van der Waals surface area contributed by atoms with E-state index < -0.39 is 0 Å². The number of hydrogen-bond donors (Lipinski definition) is 0. The normalized spacial score (nSPS) is 19.4. The van der Waals surface area contributed by atoms with Crippen LogP contribution in [-0.2, 0) is 23.4 Å². The van der Waals surface area contributed by atoms with Crippen LogP contribution in [0.25, 0.3) is 10.8 Å². The minimum absolute atomic E-state index is 0.261. The van der Waals surface area contributed by atoms with E-state index in [2.05, 4.69) is 87.4 Å². The molecule has 140 valence electrons. The molecule has 1 unspecified atom stereocenters. The van der Waals surface area contributed by atoms with Gasteiger partial charge in [-0.05, 0) is 79.0 Å². The molecule has 0 aromatic heterocycles. The second kappa shape index (κ2) is 7.10. The zero-order valence-electron chi connectivity index (χ0n) is 16.9. The molecule has 1 aliphatic heterocycles. The number of aryl methyl sites for hydroxylation is 2. The third-order valence-corrected chi connectivity index (χ3v) is 6.03. The third-order valence-electron chi connectivity index (χ3n) is 6.03. The predicted molar refractivity (Wildman–Crippen MR) is 113 cm³/mol. The SMILES string of the molecule is Cc1cc2c(cc1C)CC(CCN(C)C)(c1ccc3ccccc3c1)OC2. The molecule has 27 heavy (non-hydrogen) atoms. The van der Waals surface area contributed by atoms with Crippen LogP contribution in [0.15, 0.2) is 54.6 Å². The van der Waals surface area contributed by atoms with Crippen LogP contribution in [0.4, 0.5) is 0 Å². The van der Waals surface area contributed by atoms with Crippen LogP contribution < -0.4 is 0 Å². The molecule has 2 heteroatoms. The number of fused-ring (bicyclic) bond motifs is 2. The second-order valence-corrected chi connectivity index (χ2v) is 8.28. The van der Waals surface area contributed by atoms with Gasteiger partial charge >= 0.3 is 0 Å². The van der Waals surface area contributed by atoms with Gasteiger partial charge in [0.05, 0.1) is 12.2 Å². The predicted octanol–water partition coefficient (Wildman–Crippen LogP) is 5.38. The lowest BCUT2D eigenvalue weighted by atomic mass is 9.79. The van der Waals surface area contributed by atoms with Crippen molar-refractivity contribution in [2.24, 2.45) is 0 Å². The van der Waals surface area contributed by atoms with Crippen molar-refractivity contribution in [3.8, 4) is 0 Å². The Morgan fingerprint density at radius 2 is 1.59 bits per heavy atom. The van der Waals surface area contributed by atoms with Gasteiger partial charge in [-0.1, -0.05) is 48.5 Å². The van der Waals surface area contributed by atoms with Gasteiger partial charge in [0.2, 0.25) is 0 Å². The van der Waals surface area contributed by atoms with Crippen LogP contribution in [0.1, 0.15) is 34.2 Å². The summed E-state index contributed by atoms with van der Waals surface area (Å²) in [6.45, 7) is 6.10. The van der Waals surface area contributed by atoms with Crippen LogP contribution in [0.3, 0.4) is 0 Å². The fourth-order valence-corrected chi connectivity index (χ4v) is 4.18. The first-order valence-corrected chi connectivity index (χ1v) is 9.84. The topological polar surface area (TPSA) is 12.5 Å². The molecule has 2 nitrogen and oxygen atoms in total. The van der Waals surface area contributed by atoms with Gasteiger partial charge in [0.25, 0.3) is 0 Å². The van der Waals surface area contributed by atoms with Crippen molar-refractivity contribution < 1.29 is 4.74 Å². The molecule has 4 rings (SSSR count). The van der Waals surface area contributed by atoms with Crippen LogP contribution in [0.5, 0.6) is 0 Å². The van der Waals surface area contributed by atoms with E-state index in [9.17, 15) is 0 Å². The highest BCUT2D eigenvalue weighted by Crippen LogP contribution is 2.41. The Morgan fingerprint density at radius 3 is 2.33 bits per heavy atom. The summed E-state index contributed by atoms with van der Waals surface area (Å²) >= 11 is 0. The Kier molecular flexibility index (Phi) is 4.79. The van der Waals surface area contributed by atoms with Crippen molar-refractivity contribution in [3.05, 3.63) is 82.4 Å². The lowest BCUT2D eigenvalue weighted by molar-refractivity contribution is -0.0818. The third kappa shape index (κ3) is 3.52. The zero-order chi connectivity index (χ0) is 19.0. The van der Waals surface area contributed by atoms with E-state index >= 15 is 0 Å². The van der Waals surface area contributed by atoms with Crippen molar-refractivity contribution in [2.45, 2.75) is 38.9 Å². The highest BCUT2D eigenvalue weighted by atomic mass is 16.5. The average Bonchev–Trinajstić information content (AvgIpc) is 2.67. The minimum Gasteiger partial charge on any atom is -0.365 e. The Morgan fingerprint density at radius 1 is 0.889 bits per heavy atom. The molecule has 1 heterocycles. The summed E-state index contributed by atoms with van der Waals surface area (Å²) in [6.07, 6.45) is 1.93. The molecule has 1 atom stereocenters. The van der Waals surface area contributed by atoms with E-state index in [4.69, 9.17) is 4.74 Å². The van der Waals surface area contributed by atoms with Gasteiger partial charge in [0.15, 0.2) is 0 Å². The Balaban J connectivity index is 1.78. The minimum atomic E-state index is -0.261. The summed E-state index contributed by atoms with van der Waals surface area (Å²) in [6, 6.07) is 20.1. The maximum Gasteiger partial charge on any atom is 0.0988 e. The molecule has 0 spiro atoms. The summed E-state index contributed by atoms with van der Waals surface area (Å²) in [7, 11) is 4.27. The van der Waals surface area contributed by atoms with E-state index in [1.54, 1.807) is 0 Å². The summed E-state index contributed by atoms with van der Waals surface area (Å²) < 4.78 is 6.65. The van der Waals surface area contributed by atoms with Crippen molar-refractivity contribution in [2.75, 3.05) is 20.6 Å². The molecule has 0 bridgehead atoms. The van der Waals surface area contributed by atoms with Crippen LogP contribution in [0, 0.1) is 13.8 Å². The first-order valence-electron chi connectivity index (χ1n) is 9.84. The first-order chi connectivity index (χ1) is 13.0. The van der Waals surface area contributed by atoms with E-state index in [0.29, 0.717) is 6.61 Å². The summed E-state index contributed by atoms with van der Waals surface area (Å²) in [5, 5.41) is 2.57. The van der Waals surface area contributed by atoms with Gasteiger partial charge in [0.1, 0.15) is 0 Å². The molecule has 0 N–H and O–H groups in total. The molecule has 1 aliphatic rings. The number of nitrogens with zero attached hydrogens (tertiary/aromatic N) is 1. The number of ether oxygens (including phenoxy) is 1. The standard InChI is InChI=1S/C25H29NO/c1-18-13-22-16-25(11-12-26(3)4,27-17-23(22)14-19(18)2)24-10-9-20-7-5-6-8-21(20)15-24/h5-10,13-15H,11-12,16-17H2,1-4H3. The zero-order valence-corrected chi connectivity index (χ0v) is 16.9. The Labute approximate surface area is 162 Å². The van der Waals surface area contributed by atoms with Gasteiger partial charge in [-0.25, -0.2) is 0 Å². The van der Waals surface area contributed by atoms with Crippen LogP contribution in [0.2, 0.25) is 0 Å². The lowest BCUT2D eigenvalue weighted by Crippen LogP contribution is -2.38. The Bertz CT molecular complexity index is 975. The van der Waals surface area contributed by atoms with Crippen molar-refractivity contribution in [1.29, 1.82) is 0 Å². The molecule has 0 amide bonds. The summed E-state index contributed by atoms with van der Waals surface area (Å²) in [4.78, 5) is 2.25. The summed E-state index contributed by atoms with van der Waals surface area (Å²) in [5.41, 5.74) is 6.55. The van der Waals surface area contributed by atoms with Gasteiger partial charge in [-0.2, -0.15) is 0 Å². The van der Waals surface area contributed by atoms with Crippen molar-refractivity contribution >= 4 is 10.8 Å². The molecule has 0 radical (unpaired) electrons. The van der Waals surface area contributed by atoms with Crippen LogP contribution >= 0.6 is 0 Å². The molecular formula is C25H29NO. The van der Waals surface area contributed by atoms with Gasteiger partial charge in [0, 0.05) is 13.0 Å². The van der Waals surface area contributed by atoms with E-state index in [0.717, 1.165) is 19.4 Å². The summed E-state index contributed by atoms with van der Waals surface area (Å²) in [5.74, 6) is 0. The van der Waals surface area contributed by atoms with Crippen LogP contribution in [-0.4, -0.2) is 25.5 Å².